The lowest BCUT2D eigenvalue weighted by atomic mass is 9.87. The molecule has 1 saturated heterocycles. The van der Waals surface area contributed by atoms with Gasteiger partial charge in [0.25, 0.3) is 0 Å². The largest absolute Gasteiger partial charge is 0.497 e. The first kappa shape index (κ1) is 24.4. The maximum atomic E-state index is 14.5. The molecule has 1 unspecified atom stereocenters. The van der Waals surface area contributed by atoms with Crippen LogP contribution in [-0.2, 0) is 11.8 Å². The van der Waals surface area contributed by atoms with E-state index in [0.29, 0.717) is 18.7 Å². The Bertz CT molecular complexity index is 1220. The summed E-state index contributed by atoms with van der Waals surface area (Å²) in [5.74, 6) is 0.164. The number of ether oxygens (including phenoxy) is 2. The molecule has 1 aromatic heterocycles. The first-order valence-electron chi connectivity index (χ1n) is 12.4. The zero-order valence-corrected chi connectivity index (χ0v) is 21.2. The molecule has 1 fully saturated rings. The van der Waals surface area contributed by atoms with E-state index in [0.717, 1.165) is 67.6 Å². The molecule has 1 atom stereocenters. The third kappa shape index (κ3) is 5.27. The van der Waals surface area contributed by atoms with E-state index in [4.69, 9.17) is 19.5 Å². The zero-order valence-electron chi connectivity index (χ0n) is 21.2. The quantitative estimate of drug-likeness (QED) is 0.591. The monoisotopic (exact) mass is 492 g/mol. The Morgan fingerprint density at radius 2 is 2.11 bits per heavy atom. The standard InChI is InChI=1S/C27H33FN6O2/c1-27-6-5-22(16-26(27)31-25(18-29-27)20-17-30-32(2)19-20)34(9-8-33-7-4-11-36-12-10-33)23-13-21(28)14-24(15-23)35-3/h5,13-19H,4,6-12H2,1-3H3. The molecule has 3 heterocycles. The predicted molar refractivity (Wildman–Crippen MR) is 140 cm³/mol. The summed E-state index contributed by atoms with van der Waals surface area (Å²) in [6.07, 6.45) is 11.5. The van der Waals surface area contributed by atoms with Gasteiger partial charge in [0.05, 0.1) is 31.3 Å². The molecule has 0 N–H and O–H groups in total. The molecule has 0 amide bonds. The molecule has 2 aromatic rings. The van der Waals surface area contributed by atoms with Crippen molar-refractivity contribution in [1.82, 2.24) is 14.7 Å². The van der Waals surface area contributed by atoms with E-state index in [-0.39, 0.29) is 5.82 Å². The van der Waals surface area contributed by atoms with Gasteiger partial charge in [0, 0.05) is 81.3 Å². The predicted octanol–water partition coefficient (Wildman–Crippen LogP) is 3.60. The molecule has 2 aliphatic heterocycles. The highest BCUT2D eigenvalue weighted by Crippen LogP contribution is 2.37. The van der Waals surface area contributed by atoms with Crippen molar-refractivity contribution >= 4 is 17.6 Å². The Balaban J connectivity index is 1.47. The van der Waals surface area contributed by atoms with Crippen LogP contribution in [0.4, 0.5) is 10.1 Å². The van der Waals surface area contributed by atoms with Crippen LogP contribution in [0.1, 0.15) is 25.3 Å². The van der Waals surface area contributed by atoms with Crippen LogP contribution in [0.3, 0.4) is 0 Å². The minimum Gasteiger partial charge on any atom is -0.497 e. The second-order valence-corrected chi connectivity index (χ2v) is 9.60. The van der Waals surface area contributed by atoms with Crippen LogP contribution < -0.4 is 9.64 Å². The van der Waals surface area contributed by atoms with Gasteiger partial charge in [0.2, 0.25) is 0 Å². The fourth-order valence-corrected chi connectivity index (χ4v) is 4.77. The molecule has 0 spiro atoms. The number of methoxy groups -OCH3 is 1. The molecule has 5 rings (SSSR count). The number of allylic oxidation sites excluding steroid dienone is 1. The number of hydrogen-bond acceptors (Lipinski definition) is 7. The number of anilines is 1. The van der Waals surface area contributed by atoms with Crippen LogP contribution in [0.5, 0.6) is 5.75 Å². The number of hydrogen-bond donors (Lipinski definition) is 0. The topological polar surface area (TPSA) is 67.5 Å². The van der Waals surface area contributed by atoms with Crippen molar-refractivity contribution in [3.63, 3.8) is 0 Å². The first-order chi connectivity index (χ1) is 17.4. The second-order valence-electron chi connectivity index (χ2n) is 9.60. The van der Waals surface area contributed by atoms with Gasteiger partial charge in [0.15, 0.2) is 0 Å². The van der Waals surface area contributed by atoms with Crippen molar-refractivity contribution in [2.75, 3.05) is 51.4 Å². The zero-order chi connectivity index (χ0) is 25.1. The molecule has 190 valence electrons. The van der Waals surface area contributed by atoms with Crippen molar-refractivity contribution in [1.29, 1.82) is 0 Å². The Morgan fingerprint density at radius 1 is 1.22 bits per heavy atom. The minimum absolute atomic E-state index is 0.328. The maximum absolute atomic E-state index is 14.5. The number of aliphatic imine (C=N–C) groups is 2. The lowest BCUT2D eigenvalue weighted by Gasteiger charge is -2.35. The van der Waals surface area contributed by atoms with Crippen LogP contribution >= 0.6 is 0 Å². The number of benzene rings is 1. The van der Waals surface area contributed by atoms with Gasteiger partial charge in [-0.3, -0.25) is 14.6 Å². The average molecular weight is 493 g/mol. The van der Waals surface area contributed by atoms with Crippen LogP contribution in [0.2, 0.25) is 0 Å². The van der Waals surface area contributed by atoms with Crippen LogP contribution in [0.15, 0.2) is 64.1 Å². The van der Waals surface area contributed by atoms with Gasteiger partial charge in [-0.1, -0.05) is 6.08 Å². The summed E-state index contributed by atoms with van der Waals surface area (Å²) in [5, 5.41) is 4.27. The first-order valence-corrected chi connectivity index (χ1v) is 12.4. The summed E-state index contributed by atoms with van der Waals surface area (Å²) >= 11 is 0. The lowest BCUT2D eigenvalue weighted by molar-refractivity contribution is 0.142. The Labute approximate surface area is 211 Å². The second kappa shape index (κ2) is 10.4. The Morgan fingerprint density at radius 3 is 2.92 bits per heavy atom. The highest BCUT2D eigenvalue weighted by atomic mass is 19.1. The molecule has 0 bridgehead atoms. The van der Waals surface area contributed by atoms with Gasteiger partial charge in [0.1, 0.15) is 17.1 Å². The van der Waals surface area contributed by atoms with Crippen LogP contribution in [-0.4, -0.2) is 78.6 Å². The van der Waals surface area contributed by atoms with Crippen LogP contribution in [0.25, 0.3) is 0 Å². The summed E-state index contributed by atoms with van der Waals surface area (Å²) in [7, 11) is 3.44. The molecule has 1 aliphatic carbocycles. The van der Waals surface area contributed by atoms with Crippen LogP contribution in [0, 0.1) is 5.82 Å². The van der Waals surface area contributed by atoms with Crippen molar-refractivity contribution in [2.45, 2.75) is 25.3 Å². The third-order valence-corrected chi connectivity index (χ3v) is 6.93. The molecular formula is C27H33FN6O2. The van der Waals surface area contributed by atoms with Gasteiger partial charge in [-0.2, -0.15) is 5.10 Å². The molecule has 9 heteroatoms. The minimum atomic E-state index is -0.428. The average Bonchev–Trinajstić information content (AvgIpc) is 3.14. The smallest absolute Gasteiger partial charge is 0.128 e. The van der Waals surface area contributed by atoms with E-state index < -0.39 is 5.54 Å². The summed E-state index contributed by atoms with van der Waals surface area (Å²) in [4.78, 5) is 14.4. The number of fused-ring (bicyclic) bond motifs is 1. The SMILES string of the molecule is COc1cc(F)cc(N(CCN2CCCOCC2)C2=CCC3(C)N=CC(c4cnn(C)c4)=NC3=C2)c1. The number of rotatable bonds is 7. The number of nitrogens with zero attached hydrogens (tertiary/aromatic N) is 6. The van der Waals surface area contributed by atoms with E-state index in [9.17, 15) is 4.39 Å². The maximum Gasteiger partial charge on any atom is 0.128 e. The summed E-state index contributed by atoms with van der Waals surface area (Å²) in [5.41, 5.74) is 3.90. The molecule has 36 heavy (non-hydrogen) atoms. The summed E-state index contributed by atoms with van der Waals surface area (Å²) in [6.45, 7) is 7.05. The summed E-state index contributed by atoms with van der Waals surface area (Å²) in [6, 6.07) is 4.84. The summed E-state index contributed by atoms with van der Waals surface area (Å²) < 4.78 is 27.3. The highest BCUT2D eigenvalue weighted by Gasteiger charge is 2.34. The van der Waals surface area contributed by atoms with Gasteiger partial charge in [-0.25, -0.2) is 9.38 Å². The fourth-order valence-electron chi connectivity index (χ4n) is 4.77. The van der Waals surface area contributed by atoms with Gasteiger partial charge in [-0.05, 0) is 31.9 Å². The van der Waals surface area contributed by atoms with Gasteiger partial charge >= 0.3 is 0 Å². The molecule has 0 saturated carbocycles. The number of aromatic nitrogens is 2. The number of aryl methyl sites for hydroxylation is 1. The molecule has 1 aromatic carbocycles. The molecular weight excluding hydrogens is 459 g/mol. The van der Waals surface area contributed by atoms with E-state index in [1.807, 2.05) is 25.5 Å². The van der Waals surface area contributed by atoms with Crippen molar-refractivity contribution in [2.24, 2.45) is 17.0 Å². The normalized spacial score (nSPS) is 22.3. The molecule has 3 aliphatic rings. The van der Waals surface area contributed by atoms with Crippen molar-refractivity contribution in [3.05, 3.63) is 65.5 Å². The van der Waals surface area contributed by atoms with E-state index in [2.05, 4.69) is 34.0 Å². The highest BCUT2D eigenvalue weighted by molar-refractivity contribution is 6.39. The molecule has 8 nitrogen and oxygen atoms in total. The van der Waals surface area contributed by atoms with Crippen molar-refractivity contribution in [3.8, 4) is 5.75 Å². The number of halogens is 1. The fraction of sp³-hybridized carbons (Fsp3) is 0.444. The van der Waals surface area contributed by atoms with E-state index >= 15 is 0 Å². The van der Waals surface area contributed by atoms with Gasteiger partial charge in [-0.15, -0.1) is 0 Å². The van der Waals surface area contributed by atoms with E-state index in [1.54, 1.807) is 24.1 Å². The lowest BCUT2D eigenvalue weighted by Crippen LogP contribution is -2.38. The Hall–Kier alpha value is -3.30. The van der Waals surface area contributed by atoms with Gasteiger partial charge < -0.3 is 14.4 Å². The van der Waals surface area contributed by atoms with E-state index in [1.165, 1.54) is 6.07 Å². The Kier molecular flexibility index (Phi) is 7.02. The third-order valence-electron chi connectivity index (χ3n) is 6.93. The molecule has 0 radical (unpaired) electrons. The van der Waals surface area contributed by atoms with Crippen molar-refractivity contribution < 1.29 is 13.9 Å².